The molecule has 1 aromatic rings. The SMILES string of the molecule is CC(C)(C)OC(=O)[C@@H](N)Cc1ccc(B(O)O)cc1. The Labute approximate surface area is 113 Å². The van der Waals surface area contributed by atoms with Crippen LogP contribution in [-0.2, 0) is 16.0 Å². The van der Waals surface area contributed by atoms with Crippen LogP contribution in [0, 0.1) is 0 Å². The van der Waals surface area contributed by atoms with Gasteiger partial charge in [0, 0.05) is 0 Å². The lowest BCUT2D eigenvalue weighted by atomic mass is 9.80. The second-order valence-corrected chi connectivity index (χ2v) is 5.46. The zero-order valence-corrected chi connectivity index (χ0v) is 11.5. The molecule has 0 bridgehead atoms. The van der Waals surface area contributed by atoms with Crippen LogP contribution in [0.1, 0.15) is 26.3 Å². The maximum Gasteiger partial charge on any atom is 0.488 e. The highest BCUT2D eigenvalue weighted by Gasteiger charge is 2.22. The molecular formula is C13H20BNO4. The second-order valence-electron chi connectivity index (χ2n) is 5.46. The zero-order valence-electron chi connectivity index (χ0n) is 11.5. The van der Waals surface area contributed by atoms with E-state index in [2.05, 4.69) is 0 Å². The minimum Gasteiger partial charge on any atom is -0.459 e. The van der Waals surface area contributed by atoms with E-state index in [1.807, 2.05) is 0 Å². The predicted octanol–water partition coefficient (Wildman–Crippen LogP) is -0.422. The summed E-state index contributed by atoms with van der Waals surface area (Å²) in [4.78, 5) is 11.7. The summed E-state index contributed by atoms with van der Waals surface area (Å²) in [5.41, 5.74) is 6.46. The Bertz CT molecular complexity index is 425. The van der Waals surface area contributed by atoms with Crippen LogP contribution >= 0.6 is 0 Å². The van der Waals surface area contributed by atoms with E-state index >= 15 is 0 Å². The van der Waals surface area contributed by atoms with Crippen molar-refractivity contribution in [1.82, 2.24) is 0 Å². The van der Waals surface area contributed by atoms with Gasteiger partial charge in [-0.25, -0.2) is 0 Å². The van der Waals surface area contributed by atoms with E-state index in [0.717, 1.165) is 5.56 Å². The smallest absolute Gasteiger partial charge is 0.459 e. The van der Waals surface area contributed by atoms with E-state index in [-0.39, 0.29) is 0 Å². The maximum atomic E-state index is 11.7. The summed E-state index contributed by atoms with van der Waals surface area (Å²) in [6, 6.07) is 5.85. The van der Waals surface area contributed by atoms with Crippen LogP contribution in [0.3, 0.4) is 0 Å². The number of ether oxygens (including phenoxy) is 1. The monoisotopic (exact) mass is 265 g/mol. The van der Waals surface area contributed by atoms with Crippen LogP contribution in [0.25, 0.3) is 0 Å². The molecule has 0 fully saturated rings. The van der Waals surface area contributed by atoms with Gasteiger partial charge in [0.1, 0.15) is 11.6 Å². The third-order valence-electron chi connectivity index (χ3n) is 2.44. The van der Waals surface area contributed by atoms with Gasteiger partial charge in [0.05, 0.1) is 0 Å². The molecule has 0 aliphatic rings. The summed E-state index contributed by atoms with van der Waals surface area (Å²) in [5.74, 6) is -0.446. The Morgan fingerprint density at radius 1 is 1.32 bits per heavy atom. The molecule has 19 heavy (non-hydrogen) atoms. The maximum absolute atomic E-state index is 11.7. The van der Waals surface area contributed by atoms with Crippen molar-refractivity contribution in [2.45, 2.75) is 38.8 Å². The van der Waals surface area contributed by atoms with Crippen molar-refractivity contribution < 1.29 is 19.6 Å². The van der Waals surface area contributed by atoms with Crippen molar-refractivity contribution in [3.05, 3.63) is 29.8 Å². The fourth-order valence-corrected chi connectivity index (χ4v) is 1.54. The summed E-state index contributed by atoms with van der Waals surface area (Å²) in [6.07, 6.45) is 0.344. The summed E-state index contributed by atoms with van der Waals surface area (Å²) in [7, 11) is -1.49. The lowest BCUT2D eigenvalue weighted by molar-refractivity contribution is -0.156. The van der Waals surface area contributed by atoms with Gasteiger partial charge in [-0.2, -0.15) is 0 Å². The first-order valence-electron chi connectivity index (χ1n) is 6.12. The highest BCUT2D eigenvalue weighted by Crippen LogP contribution is 2.10. The largest absolute Gasteiger partial charge is 0.488 e. The molecule has 0 unspecified atom stereocenters. The molecule has 5 nitrogen and oxygen atoms in total. The zero-order chi connectivity index (χ0) is 14.6. The van der Waals surface area contributed by atoms with Gasteiger partial charge in [0.25, 0.3) is 0 Å². The third-order valence-corrected chi connectivity index (χ3v) is 2.44. The first kappa shape index (κ1) is 15.7. The van der Waals surface area contributed by atoms with Gasteiger partial charge in [-0.15, -0.1) is 0 Å². The van der Waals surface area contributed by atoms with Crippen LogP contribution < -0.4 is 11.2 Å². The van der Waals surface area contributed by atoms with E-state index < -0.39 is 24.7 Å². The molecular weight excluding hydrogens is 245 g/mol. The van der Waals surface area contributed by atoms with Gasteiger partial charge >= 0.3 is 13.1 Å². The van der Waals surface area contributed by atoms with Crippen LogP contribution in [0.5, 0.6) is 0 Å². The lowest BCUT2D eigenvalue weighted by Crippen LogP contribution is -2.39. The van der Waals surface area contributed by atoms with Gasteiger partial charge in [-0.1, -0.05) is 24.3 Å². The molecule has 0 saturated heterocycles. The summed E-state index contributed by atoms with van der Waals surface area (Å²) >= 11 is 0. The topological polar surface area (TPSA) is 92.8 Å². The first-order valence-corrected chi connectivity index (χ1v) is 6.12. The average Bonchev–Trinajstić information content (AvgIpc) is 2.27. The van der Waals surface area contributed by atoms with Gasteiger partial charge in [-0.3, -0.25) is 4.79 Å². The number of rotatable bonds is 4. The van der Waals surface area contributed by atoms with Crippen molar-refractivity contribution in [2.75, 3.05) is 0 Å². The van der Waals surface area contributed by atoms with Gasteiger partial charge in [0.15, 0.2) is 0 Å². The normalized spacial score (nSPS) is 12.9. The average molecular weight is 265 g/mol. The summed E-state index contributed by atoms with van der Waals surface area (Å²) < 4.78 is 5.19. The number of esters is 1. The molecule has 0 aliphatic carbocycles. The van der Waals surface area contributed by atoms with Gasteiger partial charge in [-0.05, 0) is 38.2 Å². The highest BCUT2D eigenvalue weighted by molar-refractivity contribution is 6.58. The predicted molar refractivity (Wildman–Crippen MR) is 73.8 cm³/mol. The number of carbonyl (C=O) groups is 1. The molecule has 4 N–H and O–H groups in total. The third kappa shape index (κ3) is 5.42. The number of hydrogen-bond acceptors (Lipinski definition) is 5. The molecule has 0 spiro atoms. The highest BCUT2D eigenvalue weighted by atomic mass is 16.6. The van der Waals surface area contributed by atoms with E-state index in [1.54, 1.807) is 45.0 Å². The van der Waals surface area contributed by atoms with Gasteiger partial charge in [0.2, 0.25) is 0 Å². The van der Waals surface area contributed by atoms with E-state index in [4.69, 9.17) is 20.5 Å². The second kappa shape index (κ2) is 6.19. The Morgan fingerprint density at radius 3 is 2.26 bits per heavy atom. The fraction of sp³-hybridized carbons (Fsp3) is 0.462. The summed E-state index contributed by atoms with van der Waals surface area (Å²) in [5, 5.41) is 17.9. The first-order chi connectivity index (χ1) is 8.69. The molecule has 0 radical (unpaired) electrons. The van der Waals surface area contributed by atoms with Crippen LogP contribution in [0.15, 0.2) is 24.3 Å². The number of nitrogens with two attached hydrogens (primary N) is 1. The standard InChI is InChI=1S/C13H20BNO4/c1-13(2,3)19-12(16)11(15)8-9-4-6-10(7-5-9)14(17)18/h4-7,11,17-18H,8,15H2,1-3H3/t11-/m0/s1. The van der Waals surface area contributed by atoms with Crippen molar-refractivity contribution in [3.8, 4) is 0 Å². The Hall–Kier alpha value is -1.37. The van der Waals surface area contributed by atoms with Crippen LogP contribution in [0.2, 0.25) is 0 Å². The number of benzene rings is 1. The Morgan fingerprint density at radius 2 is 1.84 bits per heavy atom. The molecule has 1 rings (SSSR count). The molecule has 1 atom stereocenters. The van der Waals surface area contributed by atoms with Crippen LogP contribution in [-0.4, -0.2) is 34.8 Å². The Balaban J connectivity index is 2.61. The van der Waals surface area contributed by atoms with Gasteiger partial charge < -0.3 is 20.5 Å². The minimum atomic E-state index is -1.49. The van der Waals surface area contributed by atoms with Crippen LogP contribution in [0.4, 0.5) is 0 Å². The quantitative estimate of drug-likeness (QED) is 0.508. The number of hydrogen-bond donors (Lipinski definition) is 3. The molecule has 0 heterocycles. The van der Waals surface area contributed by atoms with Crippen molar-refractivity contribution in [2.24, 2.45) is 5.73 Å². The molecule has 0 saturated carbocycles. The molecule has 0 aromatic heterocycles. The Kier molecular flexibility index (Phi) is 5.11. The minimum absolute atomic E-state index is 0.344. The molecule has 0 aliphatic heterocycles. The lowest BCUT2D eigenvalue weighted by Gasteiger charge is -2.22. The summed E-state index contributed by atoms with van der Waals surface area (Å²) in [6.45, 7) is 5.36. The number of carbonyl (C=O) groups excluding carboxylic acids is 1. The molecule has 104 valence electrons. The van der Waals surface area contributed by atoms with Crippen molar-refractivity contribution in [3.63, 3.8) is 0 Å². The molecule has 0 amide bonds. The van der Waals surface area contributed by atoms with Crippen molar-refractivity contribution in [1.29, 1.82) is 0 Å². The fourth-order valence-electron chi connectivity index (χ4n) is 1.54. The van der Waals surface area contributed by atoms with E-state index in [0.29, 0.717) is 11.9 Å². The van der Waals surface area contributed by atoms with E-state index in [9.17, 15) is 4.79 Å². The van der Waals surface area contributed by atoms with E-state index in [1.165, 1.54) is 0 Å². The molecule has 6 heteroatoms. The molecule has 1 aromatic carbocycles. The van der Waals surface area contributed by atoms with Crippen molar-refractivity contribution >= 4 is 18.6 Å².